The summed E-state index contributed by atoms with van der Waals surface area (Å²) in [5.74, 6) is -0.373. The van der Waals surface area contributed by atoms with E-state index in [0.717, 1.165) is 6.42 Å². The number of hydrogen-bond acceptors (Lipinski definition) is 3. The molecule has 1 rings (SSSR count). The summed E-state index contributed by atoms with van der Waals surface area (Å²) in [6, 6.07) is -0.438. The zero-order chi connectivity index (χ0) is 20.3. The molecule has 1 heterocycles. The molecule has 0 bridgehead atoms. The largest absolute Gasteiger partial charge is 0.460 e. The van der Waals surface area contributed by atoms with Crippen molar-refractivity contribution >= 4 is 11.9 Å². The molecule has 1 aliphatic heterocycles. The minimum absolute atomic E-state index is 0.0599. The Hall–Kier alpha value is -1.32. The molecule has 28 heavy (non-hydrogen) atoms. The Morgan fingerprint density at radius 2 is 1.43 bits per heavy atom. The van der Waals surface area contributed by atoms with Crippen molar-refractivity contribution < 1.29 is 14.3 Å². The third kappa shape index (κ3) is 13.8. The molecule has 162 valence electrons. The van der Waals surface area contributed by atoms with E-state index < -0.39 is 6.04 Å². The van der Waals surface area contributed by atoms with Crippen LogP contribution in [0.15, 0.2) is 12.2 Å². The quantitative estimate of drug-likeness (QED) is 0.170. The van der Waals surface area contributed by atoms with Crippen molar-refractivity contribution in [1.29, 1.82) is 0 Å². The van der Waals surface area contributed by atoms with Crippen LogP contribution in [0.5, 0.6) is 0 Å². The van der Waals surface area contributed by atoms with Gasteiger partial charge in [-0.15, -0.1) is 0 Å². The number of amides is 1. The van der Waals surface area contributed by atoms with Crippen molar-refractivity contribution in [2.24, 2.45) is 0 Å². The van der Waals surface area contributed by atoms with Crippen LogP contribution in [0.4, 0.5) is 0 Å². The smallest absolute Gasteiger partial charge is 0.328 e. The number of nitrogens with one attached hydrogen (secondary N) is 1. The Balaban J connectivity index is 1.76. The van der Waals surface area contributed by atoms with Crippen molar-refractivity contribution in [3.05, 3.63) is 12.2 Å². The summed E-state index contributed by atoms with van der Waals surface area (Å²) >= 11 is 0. The Kier molecular flexibility index (Phi) is 15.7. The van der Waals surface area contributed by atoms with Crippen LogP contribution in [0.1, 0.15) is 116 Å². The molecule has 0 aliphatic carbocycles. The molecule has 4 nitrogen and oxygen atoms in total. The maximum atomic E-state index is 11.7. The number of hydrogen-bond donors (Lipinski definition) is 1. The molecule has 0 spiro atoms. The van der Waals surface area contributed by atoms with Gasteiger partial charge in [0.2, 0.25) is 5.91 Å². The van der Waals surface area contributed by atoms with Crippen LogP contribution in [0, 0.1) is 0 Å². The van der Waals surface area contributed by atoms with Gasteiger partial charge in [-0.25, -0.2) is 4.79 Å². The zero-order valence-corrected chi connectivity index (χ0v) is 18.2. The first-order chi connectivity index (χ1) is 13.7. The standard InChI is InChI=1S/C24H43NO3/c1-2-3-4-5-6-7-8-9-10-11-12-13-14-15-16-17-18-21-28-24(27)22-19-20-23(26)25-22/h17-18,22H,2-16,19-21H2,1H3,(H,25,26)/b18-17+/t22-/m0/s1. The highest BCUT2D eigenvalue weighted by atomic mass is 16.5. The highest BCUT2D eigenvalue weighted by Crippen LogP contribution is 2.13. The Morgan fingerprint density at radius 3 is 1.93 bits per heavy atom. The van der Waals surface area contributed by atoms with E-state index in [4.69, 9.17) is 4.74 Å². The van der Waals surface area contributed by atoms with E-state index in [1.165, 1.54) is 89.9 Å². The first kappa shape index (κ1) is 24.7. The normalized spacial score (nSPS) is 16.6. The first-order valence-electron chi connectivity index (χ1n) is 11.8. The van der Waals surface area contributed by atoms with E-state index >= 15 is 0 Å². The summed E-state index contributed by atoms with van der Waals surface area (Å²) in [6.45, 7) is 2.58. The van der Waals surface area contributed by atoms with E-state index in [0.29, 0.717) is 19.4 Å². The zero-order valence-electron chi connectivity index (χ0n) is 18.2. The molecule has 0 aromatic heterocycles. The number of carbonyl (C=O) groups is 2. The maximum Gasteiger partial charge on any atom is 0.328 e. The molecule has 1 saturated heterocycles. The summed E-state index contributed by atoms with van der Waals surface area (Å²) < 4.78 is 5.16. The summed E-state index contributed by atoms with van der Waals surface area (Å²) in [6.07, 6.45) is 25.4. The topological polar surface area (TPSA) is 55.4 Å². The lowest BCUT2D eigenvalue weighted by molar-refractivity contribution is -0.145. The second kappa shape index (κ2) is 17.8. The number of esters is 1. The van der Waals surface area contributed by atoms with Crippen LogP contribution >= 0.6 is 0 Å². The summed E-state index contributed by atoms with van der Waals surface area (Å²) in [5, 5.41) is 2.62. The lowest BCUT2D eigenvalue weighted by atomic mass is 10.0. The predicted octanol–water partition coefficient (Wildman–Crippen LogP) is 6.24. The van der Waals surface area contributed by atoms with Crippen molar-refractivity contribution in [1.82, 2.24) is 5.32 Å². The number of unbranched alkanes of at least 4 members (excludes halogenated alkanes) is 14. The second-order valence-electron chi connectivity index (χ2n) is 8.15. The fourth-order valence-corrected chi connectivity index (χ4v) is 3.66. The molecule has 1 aliphatic rings. The molecule has 1 fully saturated rings. The maximum absolute atomic E-state index is 11.7. The van der Waals surface area contributed by atoms with Crippen LogP contribution < -0.4 is 5.32 Å². The van der Waals surface area contributed by atoms with E-state index in [-0.39, 0.29) is 11.9 Å². The number of allylic oxidation sites excluding steroid dienone is 1. The molecule has 0 aromatic carbocycles. The third-order valence-corrected chi connectivity index (χ3v) is 5.49. The molecular formula is C24H43NO3. The predicted molar refractivity (Wildman–Crippen MR) is 116 cm³/mol. The van der Waals surface area contributed by atoms with Gasteiger partial charge in [0, 0.05) is 6.42 Å². The van der Waals surface area contributed by atoms with Gasteiger partial charge in [-0.2, -0.15) is 0 Å². The number of ether oxygens (including phenoxy) is 1. The van der Waals surface area contributed by atoms with Gasteiger partial charge in [0.25, 0.3) is 0 Å². The molecule has 0 unspecified atom stereocenters. The second-order valence-corrected chi connectivity index (χ2v) is 8.15. The monoisotopic (exact) mass is 393 g/mol. The number of rotatable bonds is 18. The fourth-order valence-electron chi connectivity index (χ4n) is 3.66. The number of carbonyl (C=O) groups excluding carboxylic acids is 2. The minimum Gasteiger partial charge on any atom is -0.460 e. The van der Waals surface area contributed by atoms with E-state index in [9.17, 15) is 9.59 Å². The van der Waals surface area contributed by atoms with E-state index in [2.05, 4.69) is 18.3 Å². The van der Waals surface area contributed by atoms with Gasteiger partial charge in [0.05, 0.1) is 0 Å². The van der Waals surface area contributed by atoms with E-state index in [1.807, 2.05) is 6.08 Å². The van der Waals surface area contributed by atoms with E-state index in [1.54, 1.807) is 0 Å². The SMILES string of the molecule is CCCCCCCCCCCCCCCC/C=C/COC(=O)[C@@H]1CCC(=O)N1. The lowest BCUT2D eigenvalue weighted by Gasteiger charge is -2.08. The van der Waals surface area contributed by atoms with Crippen LogP contribution in [0.3, 0.4) is 0 Å². The molecular weight excluding hydrogens is 350 g/mol. The van der Waals surface area contributed by atoms with Gasteiger partial charge < -0.3 is 10.1 Å². The van der Waals surface area contributed by atoms with Crippen LogP contribution in [-0.2, 0) is 14.3 Å². The average Bonchev–Trinajstić information content (AvgIpc) is 3.13. The first-order valence-corrected chi connectivity index (χ1v) is 11.8. The highest BCUT2D eigenvalue weighted by molar-refractivity contribution is 5.88. The minimum atomic E-state index is -0.438. The van der Waals surface area contributed by atoms with Gasteiger partial charge >= 0.3 is 5.97 Å². The average molecular weight is 394 g/mol. The summed E-state index contributed by atoms with van der Waals surface area (Å²) in [4.78, 5) is 22.8. The van der Waals surface area contributed by atoms with Gasteiger partial charge in [-0.3, -0.25) is 4.79 Å². The van der Waals surface area contributed by atoms with Crippen molar-refractivity contribution in [2.75, 3.05) is 6.61 Å². The molecule has 4 heteroatoms. The molecule has 0 saturated carbocycles. The van der Waals surface area contributed by atoms with Gasteiger partial charge in [0.1, 0.15) is 12.6 Å². The highest BCUT2D eigenvalue weighted by Gasteiger charge is 2.27. The van der Waals surface area contributed by atoms with Crippen LogP contribution in [0.25, 0.3) is 0 Å². The molecule has 1 amide bonds. The van der Waals surface area contributed by atoms with Gasteiger partial charge in [-0.1, -0.05) is 103 Å². The molecule has 0 aromatic rings. The Bertz CT molecular complexity index is 434. The van der Waals surface area contributed by atoms with Gasteiger partial charge in [0.15, 0.2) is 0 Å². The Labute approximate surface area is 172 Å². The van der Waals surface area contributed by atoms with Gasteiger partial charge in [-0.05, 0) is 19.3 Å². The third-order valence-electron chi connectivity index (χ3n) is 5.49. The molecule has 0 radical (unpaired) electrons. The van der Waals surface area contributed by atoms with Crippen molar-refractivity contribution in [3.8, 4) is 0 Å². The summed E-state index contributed by atoms with van der Waals surface area (Å²) in [5.41, 5.74) is 0. The fraction of sp³-hybridized carbons (Fsp3) is 0.833. The van der Waals surface area contributed by atoms with Crippen molar-refractivity contribution in [3.63, 3.8) is 0 Å². The Morgan fingerprint density at radius 1 is 0.893 bits per heavy atom. The molecule has 1 N–H and O–H groups in total. The van der Waals surface area contributed by atoms with Crippen molar-refractivity contribution in [2.45, 2.75) is 122 Å². The lowest BCUT2D eigenvalue weighted by Crippen LogP contribution is -2.34. The van der Waals surface area contributed by atoms with Crippen LogP contribution in [0.2, 0.25) is 0 Å². The van der Waals surface area contributed by atoms with Crippen LogP contribution in [-0.4, -0.2) is 24.5 Å². The summed E-state index contributed by atoms with van der Waals surface area (Å²) in [7, 11) is 0. The molecule has 1 atom stereocenters.